The molecule has 0 radical (unpaired) electrons. The van der Waals surface area contributed by atoms with Crippen LogP contribution >= 0.6 is 0 Å². The van der Waals surface area contributed by atoms with Gasteiger partial charge in [-0.15, -0.1) is 0 Å². The van der Waals surface area contributed by atoms with Crippen LogP contribution in [0.2, 0.25) is 0 Å². The third-order valence-electron chi connectivity index (χ3n) is 2.51. The van der Waals surface area contributed by atoms with E-state index in [-0.39, 0.29) is 30.6 Å². The van der Waals surface area contributed by atoms with E-state index in [1.54, 1.807) is 0 Å². The molecule has 1 rings (SSSR count). The molecule has 0 heterocycles. The fraction of sp³-hybridized carbons (Fsp3) is 0.429. The summed E-state index contributed by atoms with van der Waals surface area (Å²) >= 11 is 0. The Bertz CT molecular complexity index is 418. The van der Waals surface area contributed by atoms with E-state index >= 15 is 0 Å². The Morgan fingerprint density at radius 2 is 1.68 bits per heavy atom. The van der Waals surface area contributed by atoms with Crippen molar-refractivity contribution in [1.82, 2.24) is 16.0 Å². The predicted molar refractivity (Wildman–Crippen MR) is 74.7 cm³/mol. The molecule has 3 amide bonds. The van der Waals surface area contributed by atoms with Crippen LogP contribution in [-0.4, -0.2) is 24.5 Å². The number of urea groups is 1. The largest absolute Gasteiger partial charge is 0.348 e. The Morgan fingerprint density at radius 3 is 2.26 bits per heavy atom. The summed E-state index contributed by atoms with van der Waals surface area (Å²) in [7, 11) is 0. The van der Waals surface area contributed by atoms with E-state index in [1.807, 2.05) is 51.1 Å². The maximum absolute atomic E-state index is 11.7. The van der Waals surface area contributed by atoms with Crippen LogP contribution in [-0.2, 0) is 4.79 Å². The molecule has 0 aromatic heterocycles. The van der Waals surface area contributed by atoms with Gasteiger partial charge in [-0.2, -0.15) is 0 Å². The molecule has 0 aliphatic rings. The van der Waals surface area contributed by atoms with Crippen molar-refractivity contribution in [2.75, 3.05) is 6.54 Å². The lowest BCUT2D eigenvalue weighted by Crippen LogP contribution is -2.44. The Hall–Kier alpha value is -2.04. The van der Waals surface area contributed by atoms with Crippen molar-refractivity contribution in [3.05, 3.63) is 35.9 Å². The van der Waals surface area contributed by atoms with Gasteiger partial charge in [-0.1, -0.05) is 30.3 Å². The van der Waals surface area contributed by atoms with Crippen LogP contribution in [0.15, 0.2) is 30.3 Å². The lowest BCUT2D eigenvalue weighted by atomic mass is 10.1. The highest BCUT2D eigenvalue weighted by molar-refractivity contribution is 5.84. The first kappa shape index (κ1) is 15.0. The quantitative estimate of drug-likeness (QED) is 0.754. The smallest absolute Gasteiger partial charge is 0.315 e. The zero-order valence-electron chi connectivity index (χ0n) is 11.6. The Kier molecular flexibility index (Phi) is 5.85. The van der Waals surface area contributed by atoms with Gasteiger partial charge in [-0.25, -0.2) is 4.79 Å². The molecule has 104 valence electrons. The Balaban J connectivity index is 2.33. The van der Waals surface area contributed by atoms with Gasteiger partial charge in [-0.05, 0) is 26.3 Å². The van der Waals surface area contributed by atoms with Gasteiger partial charge in [0, 0.05) is 6.04 Å². The van der Waals surface area contributed by atoms with Gasteiger partial charge >= 0.3 is 6.03 Å². The molecule has 1 unspecified atom stereocenters. The first-order valence-electron chi connectivity index (χ1n) is 6.37. The average Bonchev–Trinajstić information content (AvgIpc) is 2.36. The summed E-state index contributed by atoms with van der Waals surface area (Å²) in [6.07, 6.45) is 0. The molecule has 5 nitrogen and oxygen atoms in total. The second-order valence-electron chi connectivity index (χ2n) is 4.68. The van der Waals surface area contributed by atoms with Gasteiger partial charge < -0.3 is 16.0 Å². The maximum atomic E-state index is 11.7. The molecule has 5 heteroatoms. The van der Waals surface area contributed by atoms with Crippen LogP contribution in [0.1, 0.15) is 32.4 Å². The van der Waals surface area contributed by atoms with E-state index in [0.717, 1.165) is 5.56 Å². The lowest BCUT2D eigenvalue weighted by Gasteiger charge is -2.15. The molecule has 1 aromatic carbocycles. The Labute approximate surface area is 113 Å². The van der Waals surface area contributed by atoms with Crippen molar-refractivity contribution < 1.29 is 9.59 Å². The summed E-state index contributed by atoms with van der Waals surface area (Å²) in [5.41, 5.74) is 1.03. The second kappa shape index (κ2) is 7.41. The van der Waals surface area contributed by atoms with Gasteiger partial charge in [0.1, 0.15) is 0 Å². The third-order valence-corrected chi connectivity index (χ3v) is 2.51. The number of hydrogen-bond donors (Lipinski definition) is 3. The monoisotopic (exact) mass is 263 g/mol. The minimum atomic E-state index is -0.336. The summed E-state index contributed by atoms with van der Waals surface area (Å²) < 4.78 is 0. The highest BCUT2D eigenvalue weighted by Crippen LogP contribution is 2.10. The molecule has 0 saturated carbocycles. The molecule has 19 heavy (non-hydrogen) atoms. The fourth-order valence-electron chi connectivity index (χ4n) is 1.59. The fourth-order valence-corrected chi connectivity index (χ4v) is 1.59. The molecule has 0 aliphatic carbocycles. The van der Waals surface area contributed by atoms with Crippen molar-refractivity contribution >= 4 is 11.9 Å². The SMILES string of the molecule is CC(C)NC(=O)NCC(=O)NC(C)c1ccccc1. The van der Waals surface area contributed by atoms with Crippen LogP contribution < -0.4 is 16.0 Å². The van der Waals surface area contributed by atoms with E-state index < -0.39 is 0 Å². The van der Waals surface area contributed by atoms with E-state index in [0.29, 0.717) is 0 Å². The number of rotatable bonds is 5. The first-order valence-corrected chi connectivity index (χ1v) is 6.37. The summed E-state index contributed by atoms with van der Waals surface area (Å²) in [5, 5.41) is 7.98. The molecule has 0 spiro atoms. The summed E-state index contributed by atoms with van der Waals surface area (Å²) in [4.78, 5) is 23.0. The normalized spacial score (nSPS) is 11.8. The molecule has 3 N–H and O–H groups in total. The zero-order valence-corrected chi connectivity index (χ0v) is 11.6. The van der Waals surface area contributed by atoms with Gasteiger partial charge in [0.15, 0.2) is 0 Å². The van der Waals surface area contributed by atoms with E-state index in [4.69, 9.17) is 0 Å². The molecule has 0 aliphatic heterocycles. The average molecular weight is 263 g/mol. The lowest BCUT2D eigenvalue weighted by molar-refractivity contribution is -0.120. The van der Waals surface area contributed by atoms with Crippen LogP contribution in [0.3, 0.4) is 0 Å². The molecule has 1 aromatic rings. The summed E-state index contributed by atoms with van der Waals surface area (Å²) in [5.74, 6) is -0.213. The minimum Gasteiger partial charge on any atom is -0.348 e. The second-order valence-corrected chi connectivity index (χ2v) is 4.68. The van der Waals surface area contributed by atoms with Gasteiger partial charge in [0.05, 0.1) is 12.6 Å². The van der Waals surface area contributed by atoms with Crippen molar-refractivity contribution in [3.63, 3.8) is 0 Å². The number of nitrogens with one attached hydrogen (secondary N) is 3. The zero-order chi connectivity index (χ0) is 14.3. The molecular weight excluding hydrogens is 242 g/mol. The molecule has 1 atom stereocenters. The van der Waals surface area contributed by atoms with Crippen LogP contribution in [0, 0.1) is 0 Å². The van der Waals surface area contributed by atoms with Crippen molar-refractivity contribution in [2.24, 2.45) is 0 Å². The summed E-state index contributed by atoms with van der Waals surface area (Å²) in [6.45, 7) is 5.59. The first-order chi connectivity index (χ1) is 8.99. The standard InChI is InChI=1S/C14H21N3O2/c1-10(2)16-14(19)15-9-13(18)17-11(3)12-7-5-4-6-8-12/h4-8,10-11H,9H2,1-3H3,(H,17,18)(H2,15,16,19). The van der Waals surface area contributed by atoms with Gasteiger partial charge in [-0.3, -0.25) is 4.79 Å². The van der Waals surface area contributed by atoms with E-state index in [1.165, 1.54) is 0 Å². The van der Waals surface area contributed by atoms with E-state index in [9.17, 15) is 9.59 Å². The minimum absolute atomic E-state index is 0.0320. The number of benzene rings is 1. The van der Waals surface area contributed by atoms with Crippen molar-refractivity contribution in [1.29, 1.82) is 0 Å². The molecular formula is C14H21N3O2. The number of amides is 3. The van der Waals surface area contributed by atoms with Gasteiger partial charge in [0.25, 0.3) is 0 Å². The number of carbonyl (C=O) groups excluding carboxylic acids is 2. The number of carbonyl (C=O) groups is 2. The van der Waals surface area contributed by atoms with E-state index in [2.05, 4.69) is 16.0 Å². The topological polar surface area (TPSA) is 70.2 Å². The predicted octanol–water partition coefficient (Wildman–Crippen LogP) is 1.57. The highest BCUT2D eigenvalue weighted by Gasteiger charge is 2.10. The highest BCUT2D eigenvalue weighted by atomic mass is 16.2. The van der Waals surface area contributed by atoms with Crippen molar-refractivity contribution in [3.8, 4) is 0 Å². The third kappa shape index (κ3) is 5.90. The molecule has 0 saturated heterocycles. The molecule has 0 bridgehead atoms. The van der Waals surface area contributed by atoms with Crippen LogP contribution in [0.4, 0.5) is 4.79 Å². The van der Waals surface area contributed by atoms with Crippen molar-refractivity contribution in [2.45, 2.75) is 32.9 Å². The maximum Gasteiger partial charge on any atom is 0.315 e. The van der Waals surface area contributed by atoms with Crippen LogP contribution in [0.25, 0.3) is 0 Å². The molecule has 0 fully saturated rings. The van der Waals surface area contributed by atoms with Crippen LogP contribution in [0.5, 0.6) is 0 Å². The van der Waals surface area contributed by atoms with Gasteiger partial charge in [0.2, 0.25) is 5.91 Å². The number of hydrogen-bond acceptors (Lipinski definition) is 2. The summed E-state index contributed by atoms with van der Waals surface area (Å²) in [6, 6.07) is 9.30. The Morgan fingerprint density at radius 1 is 1.05 bits per heavy atom.